The van der Waals surface area contributed by atoms with Crippen LogP contribution in [0.15, 0.2) is 24.4 Å². The van der Waals surface area contributed by atoms with Crippen molar-refractivity contribution in [3.63, 3.8) is 0 Å². The lowest BCUT2D eigenvalue weighted by Gasteiger charge is -2.13. The Morgan fingerprint density at radius 3 is 2.48 bits per heavy atom. The summed E-state index contributed by atoms with van der Waals surface area (Å²) in [6.07, 6.45) is 3.24. The molecule has 6 nitrogen and oxygen atoms in total. The number of alkyl halides is 3. The maximum absolute atomic E-state index is 12.5. The molecule has 23 heavy (non-hydrogen) atoms. The van der Waals surface area contributed by atoms with Gasteiger partial charge in [0.2, 0.25) is 0 Å². The predicted octanol–water partition coefficient (Wildman–Crippen LogP) is 1.57. The number of halogens is 3. The van der Waals surface area contributed by atoms with E-state index in [1.54, 1.807) is 10.8 Å². The summed E-state index contributed by atoms with van der Waals surface area (Å²) >= 11 is 0. The van der Waals surface area contributed by atoms with Crippen molar-refractivity contribution in [3.05, 3.63) is 30.0 Å². The van der Waals surface area contributed by atoms with Gasteiger partial charge in [0, 0.05) is 23.2 Å². The van der Waals surface area contributed by atoms with Gasteiger partial charge in [-0.05, 0) is 31.0 Å². The van der Waals surface area contributed by atoms with Gasteiger partial charge in [0.1, 0.15) is 0 Å². The van der Waals surface area contributed by atoms with Crippen molar-refractivity contribution in [1.82, 2.24) is 4.57 Å². The molecule has 1 aromatic heterocycles. The molecule has 1 saturated carbocycles. The van der Waals surface area contributed by atoms with Crippen LogP contribution in [0.1, 0.15) is 29.2 Å². The largest absolute Gasteiger partial charge is 0.545 e. The van der Waals surface area contributed by atoms with Crippen molar-refractivity contribution in [2.24, 2.45) is 0 Å². The fraction of sp³-hybridized carbons (Fsp3) is 0.308. The second kappa shape index (κ2) is 4.88. The molecule has 1 aliphatic rings. The summed E-state index contributed by atoms with van der Waals surface area (Å²) < 4.78 is 65.6. The number of aromatic nitrogens is 1. The van der Waals surface area contributed by atoms with Gasteiger partial charge in [-0.15, -0.1) is 0 Å². The Hall–Kier alpha value is -2.23. The highest BCUT2D eigenvalue weighted by Crippen LogP contribution is 2.40. The molecule has 1 aromatic carbocycles. The third-order valence-electron chi connectivity index (χ3n) is 3.46. The van der Waals surface area contributed by atoms with E-state index in [2.05, 4.69) is 4.18 Å². The molecule has 0 bridgehead atoms. The van der Waals surface area contributed by atoms with E-state index in [1.807, 2.05) is 0 Å². The summed E-state index contributed by atoms with van der Waals surface area (Å²) in [5, 5.41) is 11.1. The van der Waals surface area contributed by atoms with Gasteiger partial charge < -0.3 is 18.7 Å². The van der Waals surface area contributed by atoms with Crippen LogP contribution in [0.2, 0.25) is 0 Å². The zero-order valence-electron chi connectivity index (χ0n) is 11.3. The van der Waals surface area contributed by atoms with Crippen LogP contribution in [0.25, 0.3) is 10.9 Å². The molecule has 124 valence electrons. The molecule has 10 heteroatoms. The SMILES string of the molecule is O=C([O-])c1cc(OS(=O)(=O)C(F)(F)F)c2ccn(C3CC3)c2c1. The Bertz CT molecular complexity index is 896. The first-order valence-electron chi connectivity index (χ1n) is 6.47. The Labute approximate surface area is 128 Å². The molecule has 0 saturated heterocycles. The van der Waals surface area contributed by atoms with E-state index in [9.17, 15) is 31.5 Å². The number of carbonyl (C=O) groups excluding carboxylic acids is 1. The van der Waals surface area contributed by atoms with E-state index in [0.29, 0.717) is 6.07 Å². The number of benzene rings is 1. The van der Waals surface area contributed by atoms with E-state index < -0.39 is 32.9 Å². The number of rotatable bonds is 4. The number of hydrogen-bond acceptors (Lipinski definition) is 5. The zero-order valence-corrected chi connectivity index (χ0v) is 12.1. The molecule has 1 heterocycles. The van der Waals surface area contributed by atoms with Crippen LogP contribution in [0.3, 0.4) is 0 Å². The molecule has 1 aliphatic carbocycles. The Morgan fingerprint density at radius 1 is 1.30 bits per heavy atom. The zero-order chi connectivity index (χ0) is 17.0. The Balaban J connectivity index is 2.17. The molecule has 0 radical (unpaired) electrons. The maximum atomic E-state index is 12.5. The van der Waals surface area contributed by atoms with Gasteiger partial charge >= 0.3 is 15.6 Å². The lowest BCUT2D eigenvalue weighted by atomic mass is 10.1. The van der Waals surface area contributed by atoms with Gasteiger partial charge in [-0.2, -0.15) is 21.6 Å². The smallest absolute Gasteiger partial charge is 0.534 e. The Kier molecular flexibility index (Phi) is 3.32. The van der Waals surface area contributed by atoms with Gasteiger partial charge in [0.25, 0.3) is 0 Å². The average molecular weight is 348 g/mol. The monoisotopic (exact) mass is 348 g/mol. The summed E-state index contributed by atoms with van der Waals surface area (Å²) in [5.41, 5.74) is -5.80. The van der Waals surface area contributed by atoms with E-state index in [4.69, 9.17) is 0 Å². The summed E-state index contributed by atoms with van der Waals surface area (Å²) in [4.78, 5) is 11.0. The topological polar surface area (TPSA) is 88.4 Å². The van der Waals surface area contributed by atoms with E-state index >= 15 is 0 Å². The fourth-order valence-corrected chi connectivity index (χ4v) is 2.72. The van der Waals surface area contributed by atoms with Crippen LogP contribution in [-0.4, -0.2) is 24.5 Å². The second-order valence-electron chi connectivity index (χ2n) is 5.13. The standard InChI is InChI=1S/C13H10F3NO5S/c14-13(15,16)23(20,21)22-11-6-7(12(18)19)5-10-9(11)3-4-17(10)8-1-2-8/h3-6,8H,1-2H2,(H,18,19)/p-1. The van der Waals surface area contributed by atoms with E-state index in [1.165, 1.54) is 12.1 Å². The number of fused-ring (bicyclic) bond motifs is 1. The van der Waals surface area contributed by atoms with E-state index in [0.717, 1.165) is 12.8 Å². The minimum Gasteiger partial charge on any atom is -0.545 e. The lowest BCUT2D eigenvalue weighted by Crippen LogP contribution is -2.28. The summed E-state index contributed by atoms with van der Waals surface area (Å²) in [6.45, 7) is 0. The molecule has 0 unspecified atom stereocenters. The predicted molar refractivity (Wildman–Crippen MR) is 70.1 cm³/mol. The van der Waals surface area contributed by atoms with Crippen LogP contribution in [0, 0.1) is 0 Å². The first-order valence-corrected chi connectivity index (χ1v) is 7.87. The molecule has 0 atom stereocenters. The van der Waals surface area contributed by atoms with Gasteiger partial charge in [-0.3, -0.25) is 0 Å². The highest BCUT2D eigenvalue weighted by atomic mass is 32.2. The van der Waals surface area contributed by atoms with Crippen LogP contribution >= 0.6 is 0 Å². The second-order valence-corrected chi connectivity index (χ2v) is 6.67. The number of carboxylic acids is 1. The summed E-state index contributed by atoms with van der Waals surface area (Å²) in [5.74, 6) is -2.34. The van der Waals surface area contributed by atoms with Crippen molar-refractivity contribution in [2.45, 2.75) is 24.4 Å². The maximum Gasteiger partial charge on any atom is 0.534 e. The molecule has 2 aromatic rings. The van der Waals surface area contributed by atoms with Crippen molar-refractivity contribution in [2.75, 3.05) is 0 Å². The van der Waals surface area contributed by atoms with Gasteiger partial charge in [0.05, 0.1) is 11.5 Å². The molecule has 3 rings (SSSR count). The van der Waals surface area contributed by atoms with E-state index in [-0.39, 0.29) is 16.9 Å². The lowest BCUT2D eigenvalue weighted by molar-refractivity contribution is -0.255. The van der Waals surface area contributed by atoms with Crippen molar-refractivity contribution >= 4 is 27.0 Å². The van der Waals surface area contributed by atoms with Crippen LogP contribution in [0.4, 0.5) is 13.2 Å². The third kappa shape index (κ3) is 2.74. The molecular formula is C13H9F3NO5S-. The first-order chi connectivity index (χ1) is 10.6. The molecule has 0 spiro atoms. The molecule has 1 fully saturated rings. The number of hydrogen-bond donors (Lipinski definition) is 0. The number of aromatic carboxylic acids is 1. The Morgan fingerprint density at radius 2 is 1.96 bits per heavy atom. The molecule has 0 aliphatic heterocycles. The van der Waals surface area contributed by atoms with Crippen molar-refractivity contribution < 1.29 is 35.7 Å². The first kappa shape index (κ1) is 15.7. The number of carboxylic acid groups (broad SMARTS) is 1. The molecular weight excluding hydrogens is 339 g/mol. The third-order valence-corrected chi connectivity index (χ3v) is 4.43. The highest BCUT2D eigenvalue weighted by Gasteiger charge is 2.48. The van der Waals surface area contributed by atoms with Gasteiger partial charge in [-0.1, -0.05) is 0 Å². The van der Waals surface area contributed by atoms with Crippen LogP contribution < -0.4 is 9.29 Å². The molecule has 0 N–H and O–H groups in total. The van der Waals surface area contributed by atoms with Gasteiger partial charge in [0.15, 0.2) is 5.75 Å². The highest BCUT2D eigenvalue weighted by molar-refractivity contribution is 7.88. The number of nitrogens with zero attached hydrogens (tertiary/aromatic N) is 1. The normalized spacial score (nSPS) is 15.8. The van der Waals surface area contributed by atoms with Crippen LogP contribution in [-0.2, 0) is 10.1 Å². The summed E-state index contributed by atoms with van der Waals surface area (Å²) in [7, 11) is -5.90. The summed E-state index contributed by atoms with van der Waals surface area (Å²) in [6, 6.07) is 3.42. The fourth-order valence-electron chi connectivity index (χ4n) is 2.25. The number of carbonyl (C=O) groups is 1. The average Bonchev–Trinajstić information content (AvgIpc) is 3.16. The minimum atomic E-state index is -5.90. The van der Waals surface area contributed by atoms with Crippen molar-refractivity contribution in [3.8, 4) is 5.75 Å². The van der Waals surface area contributed by atoms with Crippen molar-refractivity contribution in [1.29, 1.82) is 0 Å². The minimum absolute atomic E-state index is 0.0784. The molecule has 0 amide bonds. The van der Waals surface area contributed by atoms with Crippen LogP contribution in [0.5, 0.6) is 5.75 Å². The quantitative estimate of drug-likeness (QED) is 0.618. The van der Waals surface area contributed by atoms with Gasteiger partial charge in [-0.25, -0.2) is 0 Å².